The molecular formula is C25H33N5O2. The summed E-state index contributed by atoms with van der Waals surface area (Å²) in [6.07, 6.45) is 4.50. The second-order valence-corrected chi connectivity index (χ2v) is 9.10. The molecule has 2 amide bonds. The second-order valence-electron chi connectivity index (χ2n) is 9.10. The molecule has 1 aromatic heterocycles. The van der Waals surface area contributed by atoms with E-state index in [-0.39, 0.29) is 17.9 Å². The van der Waals surface area contributed by atoms with E-state index in [1.54, 1.807) is 19.2 Å². The molecule has 0 radical (unpaired) electrons. The van der Waals surface area contributed by atoms with Crippen molar-refractivity contribution < 1.29 is 9.59 Å². The van der Waals surface area contributed by atoms with Gasteiger partial charge in [0.25, 0.3) is 5.91 Å². The lowest BCUT2D eigenvalue weighted by Crippen LogP contribution is -2.43. The standard InChI is InChI=1S/C25H33N5O2/c1-18(31)30-10-7-19(8-11-30)12-24-13-20(6-9-27-24)25(32)28-14-23(26)17-29-15-21-4-2-3-5-22(21)16-29/h2-6,9,13,19,23H,7-8,10-12,14-17,26H2,1H3,(H,28,32)/t23-/m0/s1. The Labute approximate surface area is 190 Å². The van der Waals surface area contributed by atoms with E-state index >= 15 is 0 Å². The van der Waals surface area contributed by atoms with E-state index in [2.05, 4.69) is 39.5 Å². The first-order chi connectivity index (χ1) is 15.5. The summed E-state index contributed by atoms with van der Waals surface area (Å²) in [4.78, 5) is 32.9. The molecule has 1 fully saturated rings. The largest absolute Gasteiger partial charge is 0.350 e. The maximum Gasteiger partial charge on any atom is 0.251 e. The molecule has 0 aliphatic carbocycles. The van der Waals surface area contributed by atoms with Crippen LogP contribution in [0.2, 0.25) is 0 Å². The van der Waals surface area contributed by atoms with Crippen molar-refractivity contribution in [2.45, 2.75) is 45.3 Å². The van der Waals surface area contributed by atoms with Crippen LogP contribution in [-0.4, -0.2) is 58.8 Å². The summed E-state index contributed by atoms with van der Waals surface area (Å²) in [6, 6.07) is 12.0. The van der Waals surface area contributed by atoms with Gasteiger partial charge in [0.2, 0.25) is 5.91 Å². The lowest BCUT2D eigenvalue weighted by atomic mass is 9.91. The lowest BCUT2D eigenvalue weighted by Gasteiger charge is -2.31. The van der Waals surface area contributed by atoms with Gasteiger partial charge in [0.15, 0.2) is 0 Å². The summed E-state index contributed by atoms with van der Waals surface area (Å²) >= 11 is 0. The molecule has 2 aliphatic rings. The number of nitrogens with zero attached hydrogens (tertiary/aromatic N) is 3. The molecular weight excluding hydrogens is 402 g/mol. The van der Waals surface area contributed by atoms with E-state index in [1.807, 2.05) is 11.0 Å². The second kappa shape index (κ2) is 10.2. The van der Waals surface area contributed by atoms with Crippen molar-refractivity contribution in [1.82, 2.24) is 20.1 Å². The van der Waals surface area contributed by atoms with Gasteiger partial charge in [0.1, 0.15) is 0 Å². The van der Waals surface area contributed by atoms with Gasteiger partial charge in [-0.2, -0.15) is 0 Å². The van der Waals surface area contributed by atoms with Gasteiger partial charge < -0.3 is 16.0 Å². The number of nitrogens with one attached hydrogen (secondary N) is 1. The SMILES string of the molecule is CC(=O)N1CCC(Cc2cc(C(=O)NC[C@H](N)CN3Cc4ccccc4C3)ccn2)CC1. The van der Waals surface area contributed by atoms with Crippen molar-refractivity contribution in [3.05, 3.63) is 65.0 Å². The minimum Gasteiger partial charge on any atom is -0.350 e. The average Bonchev–Trinajstić information content (AvgIpc) is 3.20. The van der Waals surface area contributed by atoms with Crippen LogP contribution in [0.3, 0.4) is 0 Å². The molecule has 1 atom stereocenters. The Hall–Kier alpha value is -2.77. The number of pyridine rings is 1. The number of hydrogen-bond donors (Lipinski definition) is 2. The zero-order valence-corrected chi connectivity index (χ0v) is 18.8. The normalized spacial score (nSPS) is 17.8. The van der Waals surface area contributed by atoms with Crippen LogP contribution in [0.1, 0.15) is 46.9 Å². The van der Waals surface area contributed by atoms with Crippen molar-refractivity contribution in [2.24, 2.45) is 11.7 Å². The Morgan fingerprint density at radius 2 is 1.84 bits per heavy atom. The van der Waals surface area contributed by atoms with E-state index < -0.39 is 0 Å². The minimum absolute atomic E-state index is 0.111. The zero-order valence-electron chi connectivity index (χ0n) is 18.8. The molecule has 0 unspecified atom stereocenters. The smallest absolute Gasteiger partial charge is 0.251 e. The van der Waals surface area contributed by atoms with Gasteiger partial charge in [-0.05, 0) is 48.4 Å². The summed E-state index contributed by atoms with van der Waals surface area (Å²) in [5, 5.41) is 2.98. The van der Waals surface area contributed by atoms with Gasteiger partial charge in [0, 0.05) is 69.7 Å². The van der Waals surface area contributed by atoms with Crippen molar-refractivity contribution in [1.29, 1.82) is 0 Å². The number of fused-ring (bicyclic) bond motifs is 1. The molecule has 2 aliphatic heterocycles. The molecule has 170 valence electrons. The van der Waals surface area contributed by atoms with Gasteiger partial charge in [-0.1, -0.05) is 24.3 Å². The van der Waals surface area contributed by atoms with Gasteiger partial charge in [-0.15, -0.1) is 0 Å². The molecule has 0 saturated carbocycles. The van der Waals surface area contributed by atoms with Crippen LogP contribution in [0.25, 0.3) is 0 Å². The van der Waals surface area contributed by atoms with Crippen molar-refractivity contribution in [2.75, 3.05) is 26.2 Å². The van der Waals surface area contributed by atoms with E-state index in [0.29, 0.717) is 18.0 Å². The Balaban J connectivity index is 1.23. The maximum absolute atomic E-state index is 12.7. The topological polar surface area (TPSA) is 91.6 Å². The first-order valence-electron chi connectivity index (χ1n) is 11.5. The number of hydrogen-bond acceptors (Lipinski definition) is 5. The number of aromatic nitrogens is 1. The molecule has 3 heterocycles. The quantitative estimate of drug-likeness (QED) is 0.694. The van der Waals surface area contributed by atoms with Crippen LogP contribution in [0.15, 0.2) is 42.6 Å². The molecule has 7 heteroatoms. The molecule has 0 bridgehead atoms. The first-order valence-corrected chi connectivity index (χ1v) is 11.5. The molecule has 7 nitrogen and oxygen atoms in total. The Morgan fingerprint density at radius 1 is 1.16 bits per heavy atom. The van der Waals surface area contributed by atoms with Crippen LogP contribution < -0.4 is 11.1 Å². The van der Waals surface area contributed by atoms with Crippen LogP contribution in [0.4, 0.5) is 0 Å². The number of carbonyl (C=O) groups excluding carboxylic acids is 2. The fourth-order valence-electron chi connectivity index (χ4n) is 4.73. The molecule has 3 N–H and O–H groups in total. The fraction of sp³-hybridized carbons (Fsp3) is 0.480. The predicted octanol–water partition coefficient (Wildman–Crippen LogP) is 1.96. The van der Waals surface area contributed by atoms with Crippen molar-refractivity contribution >= 4 is 11.8 Å². The van der Waals surface area contributed by atoms with Crippen LogP contribution >= 0.6 is 0 Å². The predicted molar refractivity (Wildman–Crippen MR) is 124 cm³/mol. The van der Waals surface area contributed by atoms with Crippen LogP contribution in [0, 0.1) is 5.92 Å². The Bertz CT molecular complexity index is 930. The third kappa shape index (κ3) is 5.72. The zero-order chi connectivity index (χ0) is 22.5. The fourth-order valence-corrected chi connectivity index (χ4v) is 4.73. The van der Waals surface area contributed by atoms with Gasteiger partial charge >= 0.3 is 0 Å². The number of amides is 2. The summed E-state index contributed by atoms with van der Waals surface area (Å²) < 4.78 is 0. The number of benzene rings is 1. The van der Waals surface area contributed by atoms with E-state index in [9.17, 15) is 9.59 Å². The molecule has 2 aromatic rings. The van der Waals surface area contributed by atoms with E-state index in [1.165, 1.54) is 11.1 Å². The summed E-state index contributed by atoms with van der Waals surface area (Å²) in [6.45, 7) is 6.25. The highest BCUT2D eigenvalue weighted by Crippen LogP contribution is 2.22. The first kappa shape index (κ1) is 22.4. The third-order valence-electron chi connectivity index (χ3n) is 6.56. The highest BCUT2D eigenvalue weighted by Gasteiger charge is 2.22. The number of likely N-dealkylation sites (tertiary alicyclic amines) is 1. The van der Waals surface area contributed by atoms with E-state index in [0.717, 1.165) is 57.7 Å². The summed E-state index contributed by atoms with van der Waals surface area (Å²) in [7, 11) is 0. The van der Waals surface area contributed by atoms with Gasteiger partial charge in [-0.25, -0.2) is 0 Å². The Morgan fingerprint density at radius 3 is 2.50 bits per heavy atom. The average molecular weight is 436 g/mol. The highest BCUT2D eigenvalue weighted by molar-refractivity contribution is 5.94. The summed E-state index contributed by atoms with van der Waals surface area (Å²) in [5.41, 5.74) is 10.6. The minimum atomic E-state index is -0.124. The Kier molecular flexibility index (Phi) is 7.17. The molecule has 4 rings (SSSR count). The molecule has 1 saturated heterocycles. The van der Waals surface area contributed by atoms with Crippen molar-refractivity contribution in [3.8, 4) is 0 Å². The maximum atomic E-state index is 12.7. The summed E-state index contributed by atoms with van der Waals surface area (Å²) in [5.74, 6) is 0.530. The number of carbonyl (C=O) groups is 2. The number of piperidine rings is 1. The molecule has 0 spiro atoms. The van der Waals surface area contributed by atoms with Crippen molar-refractivity contribution in [3.63, 3.8) is 0 Å². The van der Waals surface area contributed by atoms with Crippen LogP contribution in [0.5, 0.6) is 0 Å². The van der Waals surface area contributed by atoms with Crippen LogP contribution in [-0.2, 0) is 24.3 Å². The molecule has 1 aromatic carbocycles. The van der Waals surface area contributed by atoms with Gasteiger partial charge in [-0.3, -0.25) is 19.5 Å². The number of nitrogens with two attached hydrogens (primary N) is 1. The highest BCUT2D eigenvalue weighted by atomic mass is 16.2. The van der Waals surface area contributed by atoms with E-state index in [4.69, 9.17) is 5.73 Å². The molecule has 32 heavy (non-hydrogen) atoms. The monoisotopic (exact) mass is 435 g/mol. The third-order valence-corrected chi connectivity index (χ3v) is 6.56. The lowest BCUT2D eigenvalue weighted by molar-refractivity contribution is -0.130. The van der Waals surface area contributed by atoms with Gasteiger partial charge in [0.05, 0.1) is 0 Å². The number of rotatable bonds is 7.